The lowest BCUT2D eigenvalue weighted by Gasteiger charge is -2.46. The lowest BCUT2D eigenvalue weighted by Crippen LogP contribution is -2.70. The van der Waals surface area contributed by atoms with E-state index in [0.717, 1.165) is 12.8 Å². The number of amides is 2. The highest BCUT2D eigenvalue weighted by Crippen LogP contribution is 2.44. The minimum Gasteiger partial charge on any atom is -0.377 e. The van der Waals surface area contributed by atoms with E-state index in [1.165, 1.54) is 0 Å². The van der Waals surface area contributed by atoms with Gasteiger partial charge in [0.15, 0.2) is 0 Å². The van der Waals surface area contributed by atoms with Crippen LogP contribution in [0.1, 0.15) is 47.0 Å². The van der Waals surface area contributed by atoms with Gasteiger partial charge in [0, 0.05) is 6.54 Å². The van der Waals surface area contributed by atoms with Crippen LogP contribution < -0.4 is 5.32 Å². The number of carbonyl (C=O) groups is 2. The lowest BCUT2D eigenvalue weighted by atomic mass is 9.87. The molecule has 1 aliphatic heterocycles. The molecule has 114 valence electrons. The predicted molar refractivity (Wildman–Crippen MR) is 76.2 cm³/mol. The van der Waals surface area contributed by atoms with E-state index < -0.39 is 5.54 Å². The SMILES string of the molecule is CCC1NC(=O)C(C)(C2CC2)N(CCOC(C)C)C1=O. The lowest BCUT2D eigenvalue weighted by molar-refractivity contribution is -0.159. The van der Waals surface area contributed by atoms with Crippen molar-refractivity contribution in [2.75, 3.05) is 13.2 Å². The predicted octanol–water partition coefficient (Wildman–Crippen LogP) is 1.32. The molecule has 0 aromatic rings. The minimum atomic E-state index is -0.691. The van der Waals surface area contributed by atoms with Crippen LogP contribution in [0.3, 0.4) is 0 Å². The molecule has 0 aromatic heterocycles. The second-order valence-corrected chi connectivity index (χ2v) is 6.27. The summed E-state index contributed by atoms with van der Waals surface area (Å²) in [6, 6.07) is -0.381. The molecule has 2 unspecified atom stereocenters. The first-order chi connectivity index (χ1) is 9.41. The third-order valence-corrected chi connectivity index (χ3v) is 4.44. The second-order valence-electron chi connectivity index (χ2n) is 6.27. The van der Waals surface area contributed by atoms with Gasteiger partial charge < -0.3 is 15.0 Å². The Morgan fingerprint density at radius 3 is 2.55 bits per heavy atom. The summed E-state index contributed by atoms with van der Waals surface area (Å²) in [5, 5.41) is 2.89. The zero-order chi connectivity index (χ0) is 14.9. The van der Waals surface area contributed by atoms with Crippen LogP contribution in [0.4, 0.5) is 0 Å². The molecule has 1 aliphatic carbocycles. The first-order valence-electron chi connectivity index (χ1n) is 7.65. The standard InChI is InChI=1S/C15H26N2O3/c1-5-12-13(18)17(8-9-20-10(2)3)15(4,11-6-7-11)14(19)16-12/h10-12H,5-9H2,1-4H3,(H,16,19). The van der Waals surface area contributed by atoms with Gasteiger partial charge in [-0.15, -0.1) is 0 Å². The van der Waals surface area contributed by atoms with Gasteiger partial charge in [0.2, 0.25) is 11.8 Å². The topological polar surface area (TPSA) is 58.6 Å². The average molecular weight is 282 g/mol. The second kappa shape index (κ2) is 5.72. The van der Waals surface area contributed by atoms with Crippen LogP contribution in [0.5, 0.6) is 0 Å². The van der Waals surface area contributed by atoms with E-state index in [1.807, 2.05) is 27.7 Å². The Hall–Kier alpha value is -1.10. The van der Waals surface area contributed by atoms with Crippen molar-refractivity contribution in [1.82, 2.24) is 10.2 Å². The summed E-state index contributed by atoms with van der Waals surface area (Å²) >= 11 is 0. The van der Waals surface area contributed by atoms with Gasteiger partial charge in [-0.05, 0) is 46.0 Å². The van der Waals surface area contributed by atoms with Gasteiger partial charge in [-0.25, -0.2) is 0 Å². The van der Waals surface area contributed by atoms with E-state index in [0.29, 0.717) is 25.5 Å². The van der Waals surface area contributed by atoms with Gasteiger partial charge in [0.05, 0.1) is 12.7 Å². The molecule has 1 N–H and O–H groups in total. The Morgan fingerprint density at radius 1 is 1.40 bits per heavy atom. The van der Waals surface area contributed by atoms with Crippen molar-refractivity contribution in [3.8, 4) is 0 Å². The van der Waals surface area contributed by atoms with E-state index in [9.17, 15) is 9.59 Å². The van der Waals surface area contributed by atoms with Crippen LogP contribution in [0.15, 0.2) is 0 Å². The molecule has 5 heteroatoms. The average Bonchev–Trinajstić information content (AvgIpc) is 3.22. The van der Waals surface area contributed by atoms with Crippen molar-refractivity contribution in [2.45, 2.75) is 64.6 Å². The summed E-state index contributed by atoms with van der Waals surface area (Å²) in [4.78, 5) is 26.8. The Morgan fingerprint density at radius 2 is 2.05 bits per heavy atom. The van der Waals surface area contributed by atoms with E-state index in [2.05, 4.69) is 5.32 Å². The molecule has 2 atom stereocenters. The molecule has 20 heavy (non-hydrogen) atoms. The molecule has 0 spiro atoms. The van der Waals surface area contributed by atoms with Crippen LogP contribution in [0, 0.1) is 5.92 Å². The molecule has 1 saturated carbocycles. The van der Waals surface area contributed by atoms with Crippen molar-refractivity contribution in [3.63, 3.8) is 0 Å². The number of piperazine rings is 1. The summed E-state index contributed by atoms with van der Waals surface area (Å²) in [6.45, 7) is 8.74. The fourth-order valence-corrected chi connectivity index (χ4v) is 2.96. The summed E-state index contributed by atoms with van der Waals surface area (Å²) in [7, 11) is 0. The number of ether oxygens (including phenoxy) is 1. The van der Waals surface area contributed by atoms with Crippen molar-refractivity contribution >= 4 is 11.8 Å². The highest BCUT2D eigenvalue weighted by molar-refractivity contribution is 6.00. The Labute approximate surface area is 121 Å². The molecule has 0 aromatic carbocycles. The van der Waals surface area contributed by atoms with Gasteiger partial charge in [0.1, 0.15) is 11.6 Å². The fraction of sp³-hybridized carbons (Fsp3) is 0.867. The highest BCUT2D eigenvalue weighted by Gasteiger charge is 2.56. The largest absolute Gasteiger partial charge is 0.377 e. The van der Waals surface area contributed by atoms with Crippen molar-refractivity contribution < 1.29 is 14.3 Å². The van der Waals surface area contributed by atoms with Gasteiger partial charge in [-0.2, -0.15) is 0 Å². The zero-order valence-corrected chi connectivity index (χ0v) is 12.9. The Balaban J connectivity index is 2.15. The molecule has 0 bridgehead atoms. The molecular weight excluding hydrogens is 256 g/mol. The van der Waals surface area contributed by atoms with Gasteiger partial charge in [0.25, 0.3) is 0 Å². The summed E-state index contributed by atoms with van der Waals surface area (Å²) in [5.74, 6) is 0.327. The molecule has 2 aliphatic rings. The molecular formula is C15H26N2O3. The number of hydrogen-bond donors (Lipinski definition) is 1. The smallest absolute Gasteiger partial charge is 0.246 e. The third-order valence-electron chi connectivity index (χ3n) is 4.44. The fourth-order valence-electron chi connectivity index (χ4n) is 2.96. The molecule has 1 heterocycles. The maximum atomic E-state index is 12.6. The molecule has 0 radical (unpaired) electrons. The van der Waals surface area contributed by atoms with Crippen LogP contribution in [-0.2, 0) is 14.3 Å². The third kappa shape index (κ3) is 2.68. The van der Waals surface area contributed by atoms with Gasteiger partial charge >= 0.3 is 0 Å². The number of hydrogen-bond acceptors (Lipinski definition) is 3. The summed E-state index contributed by atoms with van der Waals surface area (Å²) in [6.07, 6.45) is 2.82. The highest BCUT2D eigenvalue weighted by atomic mass is 16.5. The number of carbonyl (C=O) groups excluding carboxylic acids is 2. The van der Waals surface area contributed by atoms with Gasteiger partial charge in [-0.1, -0.05) is 6.92 Å². The van der Waals surface area contributed by atoms with Crippen LogP contribution in [0.2, 0.25) is 0 Å². The van der Waals surface area contributed by atoms with E-state index in [4.69, 9.17) is 4.74 Å². The minimum absolute atomic E-state index is 0.00371. The first kappa shape index (κ1) is 15.3. The molecule has 5 nitrogen and oxygen atoms in total. The monoisotopic (exact) mass is 282 g/mol. The van der Waals surface area contributed by atoms with E-state index >= 15 is 0 Å². The Kier molecular flexibility index (Phi) is 4.37. The molecule has 2 rings (SSSR count). The van der Waals surface area contributed by atoms with Crippen molar-refractivity contribution in [3.05, 3.63) is 0 Å². The van der Waals surface area contributed by atoms with Crippen molar-refractivity contribution in [1.29, 1.82) is 0 Å². The summed E-state index contributed by atoms with van der Waals surface area (Å²) < 4.78 is 5.56. The maximum Gasteiger partial charge on any atom is 0.246 e. The first-order valence-corrected chi connectivity index (χ1v) is 7.65. The summed E-state index contributed by atoms with van der Waals surface area (Å²) in [5.41, 5.74) is -0.691. The molecule has 2 amide bonds. The zero-order valence-electron chi connectivity index (χ0n) is 12.9. The van der Waals surface area contributed by atoms with Gasteiger partial charge in [-0.3, -0.25) is 9.59 Å². The quantitative estimate of drug-likeness (QED) is 0.799. The van der Waals surface area contributed by atoms with Crippen LogP contribution >= 0.6 is 0 Å². The van der Waals surface area contributed by atoms with E-state index in [-0.39, 0.29) is 24.0 Å². The number of nitrogens with zero attached hydrogens (tertiary/aromatic N) is 1. The van der Waals surface area contributed by atoms with Crippen LogP contribution in [0.25, 0.3) is 0 Å². The van der Waals surface area contributed by atoms with Crippen LogP contribution in [-0.4, -0.2) is 47.6 Å². The van der Waals surface area contributed by atoms with Crippen molar-refractivity contribution in [2.24, 2.45) is 5.92 Å². The maximum absolute atomic E-state index is 12.6. The number of nitrogens with one attached hydrogen (secondary N) is 1. The Bertz CT molecular complexity index is 393. The van der Waals surface area contributed by atoms with E-state index in [1.54, 1.807) is 4.90 Å². The normalized spacial score (nSPS) is 30.9. The molecule has 2 fully saturated rings. The molecule has 1 saturated heterocycles. The number of rotatable bonds is 6.